The molecule has 0 aromatic heterocycles. The number of carboxylic acid groups (broad SMARTS) is 1. The van der Waals surface area contributed by atoms with Crippen LogP contribution in [0.3, 0.4) is 0 Å². The van der Waals surface area contributed by atoms with Gasteiger partial charge in [0.1, 0.15) is 11.5 Å². The highest BCUT2D eigenvalue weighted by Gasteiger charge is 2.40. The smallest absolute Gasteiger partial charge is 0.347 e. The van der Waals surface area contributed by atoms with Crippen LogP contribution in [0.5, 0.6) is 11.5 Å². The van der Waals surface area contributed by atoms with Gasteiger partial charge in [-0.25, -0.2) is 4.79 Å². The first-order valence-electron chi connectivity index (χ1n) is 7.60. The van der Waals surface area contributed by atoms with Gasteiger partial charge in [-0.15, -0.1) is 0 Å². The molecular formula is C17H24O5. The molecule has 1 aromatic rings. The summed E-state index contributed by atoms with van der Waals surface area (Å²) in [5.41, 5.74) is 2.75. The maximum atomic E-state index is 11.4. The Balaban J connectivity index is 2.43. The molecule has 0 saturated carbocycles. The minimum atomic E-state index is -1.17. The summed E-state index contributed by atoms with van der Waals surface area (Å²) in [7, 11) is 0. The fourth-order valence-electron chi connectivity index (χ4n) is 2.84. The maximum absolute atomic E-state index is 11.4. The Bertz CT molecular complexity index is 593. The van der Waals surface area contributed by atoms with Gasteiger partial charge in [0.2, 0.25) is 5.60 Å². The van der Waals surface area contributed by atoms with Crippen LogP contribution in [-0.2, 0) is 11.2 Å². The Hall–Kier alpha value is -1.75. The van der Waals surface area contributed by atoms with Crippen molar-refractivity contribution in [3.63, 3.8) is 0 Å². The number of fused-ring (bicyclic) bond motifs is 1. The predicted octanol–water partition coefficient (Wildman–Crippen LogP) is 2.54. The number of aliphatic hydroxyl groups is 1. The first-order valence-corrected chi connectivity index (χ1v) is 7.60. The molecule has 1 atom stereocenters. The summed E-state index contributed by atoms with van der Waals surface area (Å²) in [6.45, 7) is 8.04. The Morgan fingerprint density at radius 1 is 1.27 bits per heavy atom. The van der Waals surface area contributed by atoms with Crippen molar-refractivity contribution in [2.24, 2.45) is 0 Å². The van der Waals surface area contributed by atoms with Gasteiger partial charge < -0.3 is 19.7 Å². The van der Waals surface area contributed by atoms with E-state index >= 15 is 0 Å². The molecule has 1 unspecified atom stereocenters. The van der Waals surface area contributed by atoms with Crippen LogP contribution in [0.25, 0.3) is 0 Å². The molecule has 0 spiro atoms. The molecule has 0 aliphatic carbocycles. The van der Waals surface area contributed by atoms with E-state index in [1.165, 1.54) is 0 Å². The van der Waals surface area contributed by atoms with Crippen molar-refractivity contribution in [1.82, 2.24) is 0 Å². The molecule has 5 heteroatoms. The Kier molecular flexibility index (Phi) is 4.66. The first-order chi connectivity index (χ1) is 10.3. The fourth-order valence-corrected chi connectivity index (χ4v) is 2.84. The molecule has 22 heavy (non-hydrogen) atoms. The highest BCUT2D eigenvalue weighted by molar-refractivity contribution is 5.78. The molecule has 1 aromatic carbocycles. The Labute approximate surface area is 130 Å². The number of aliphatic carboxylic acids is 1. The average Bonchev–Trinajstić information content (AvgIpc) is 2.48. The van der Waals surface area contributed by atoms with Crippen LogP contribution in [0.2, 0.25) is 0 Å². The number of carboxylic acids is 1. The van der Waals surface area contributed by atoms with Gasteiger partial charge in [0, 0.05) is 25.0 Å². The second-order valence-corrected chi connectivity index (χ2v) is 6.08. The Morgan fingerprint density at radius 2 is 1.95 bits per heavy atom. The molecule has 0 amide bonds. The third-order valence-corrected chi connectivity index (χ3v) is 4.49. The van der Waals surface area contributed by atoms with Gasteiger partial charge in [-0.3, -0.25) is 0 Å². The van der Waals surface area contributed by atoms with Gasteiger partial charge in [-0.05, 0) is 50.8 Å². The molecule has 1 heterocycles. The van der Waals surface area contributed by atoms with Gasteiger partial charge in [0.25, 0.3) is 0 Å². The molecule has 2 N–H and O–H groups in total. The van der Waals surface area contributed by atoms with E-state index in [0.717, 1.165) is 28.0 Å². The van der Waals surface area contributed by atoms with E-state index in [1.54, 1.807) is 6.92 Å². The summed E-state index contributed by atoms with van der Waals surface area (Å²) in [4.78, 5) is 11.4. The van der Waals surface area contributed by atoms with Crippen LogP contribution in [0.4, 0.5) is 0 Å². The summed E-state index contributed by atoms with van der Waals surface area (Å²) in [5, 5.41) is 18.3. The number of hydrogen-bond acceptors (Lipinski definition) is 4. The molecule has 0 radical (unpaired) electrons. The van der Waals surface area contributed by atoms with E-state index in [0.29, 0.717) is 31.6 Å². The summed E-state index contributed by atoms with van der Waals surface area (Å²) < 4.78 is 11.7. The zero-order chi connectivity index (χ0) is 16.5. The summed E-state index contributed by atoms with van der Waals surface area (Å²) >= 11 is 0. The van der Waals surface area contributed by atoms with Crippen molar-refractivity contribution in [3.05, 3.63) is 22.3 Å². The number of ether oxygens (including phenoxy) is 2. The standard InChI is InChI=1S/C17H24O5/c1-10-11(2)15-13(6-7-17(4,22-15)16(19)20)12(3)14(10)21-9-5-8-18/h18H,5-9H2,1-4H3,(H,19,20). The fraction of sp³-hybridized carbons (Fsp3) is 0.588. The van der Waals surface area contributed by atoms with Gasteiger partial charge in [0.15, 0.2) is 0 Å². The van der Waals surface area contributed by atoms with E-state index in [9.17, 15) is 9.90 Å². The maximum Gasteiger partial charge on any atom is 0.347 e. The lowest BCUT2D eigenvalue weighted by atomic mass is 9.87. The van der Waals surface area contributed by atoms with Crippen molar-refractivity contribution in [2.75, 3.05) is 13.2 Å². The monoisotopic (exact) mass is 308 g/mol. The van der Waals surface area contributed by atoms with Crippen molar-refractivity contribution in [1.29, 1.82) is 0 Å². The number of aliphatic hydroxyl groups excluding tert-OH is 1. The van der Waals surface area contributed by atoms with Crippen molar-refractivity contribution in [3.8, 4) is 11.5 Å². The largest absolute Gasteiger partial charge is 0.493 e. The molecule has 0 fully saturated rings. The second kappa shape index (κ2) is 6.16. The predicted molar refractivity (Wildman–Crippen MR) is 82.8 cm³/mol. The molecule has 5 nitrogen and oxygen atoms in total. The summed E-state index contributed by atoms with van der Waals surface area (Å²) in [6.07, 6.45) is 1.68. The van der Waals surface area contributed by atoms with Crippen molar-refractivity contribution >= 4 is 5.97 Å². The molecular weight excluding hydrogens is 284 g/mol. The van der Waals surface area contributed by atoms with E-state index < -0.39 is 11.6 Å². The minimum absolute atomic E-state index is 0.0993. The number of benzene rings is 1. The van der Waals surface area contributed by atoms with Gasteiger partial charge >= 0.3 is 5.97 Å². The van der Waals surface area contributed by atoms with Crippen LogP contribution in [0, 0.1) is 20.8 Å². The lowest BCUT2D eigenvalue weighted by molar-refractivity contribution is -0.155. The first kappa shape index (κ1) is 16.6. The second-order valence-electron chi connectivity index (χ2n) is 6.08. The van der Waals surface area contributed by atoms with Crippen molar-refractivity contribution in [2.45, 2.75) is 52.6 Å². The lowest BCUT2D eigenvalue weighted by Crippen LogP contribution is -2.44. The average molecular weight is 308 g/mol. The molecule has 0 saturated heterocycles. The van der Waals surface area contributed by atoms with Crippen LogP contribution in [-0.4, -0.2) is 35.0 Å². The third-order valence-electron chi connectivity index (χ3n) is 4.49. The molecule has 0 bridgehead atoms. The zero-order valence-corrected chi connectivity index (χ0v) is 13.7. The Morgan fingerprint density at radius 3 is 2.55 bits per heavy atom. The molecule has 1 aliphatic heterocycles. The van der Waals surface area contributed by atoms with Crippen LogP contribution < -0.4 is 9.47 Å². The van der Waals surface area contributed by atoms with Gasteiger partial charge in [-0.2, -0.15) is 0 Å². The van der Waals surface area contributed by atoms with E-state index in [-0.39, 0.29) is 6.61 Å². The highest BCUT2D eigenvalue weighted by Crippen LogP contribution is 2.43. The molecule has 122 valence electrons. The van der Waals surface area contributed by atoms with E-state index in [2.05, 4.69) is 0 Å². The van der Waals surface area contributed by atoms with Crippen molar-refractivity contribution < 1.29 is 24.5 Å². The number of hydrogen-bond donors (Lipinski definition) is 2. The zero-order valence-electron chi connectivity index (χ0n) is 13.7. The quantitative estimate of drug-likeness (QED) is 0.818. The number of rotatable bonds is 5. The number of carbonyl (C=O) groups is 1. The van der Waals surface area contributed by atoms with E-state index in [1.807, 2.05) is 20.8 Å². The highest BCUT2D eigenvalue weighted by atomic mass is 16.5. The minimum Gasteiger partial charge on any atom is -0.493 e. The molecule has 1 aliphatic rings. The lowest BCUT2D eigenvalue weighted by Gasteiger charge is -2.35. The third kappa shape index (κ3) is 2.77. The summed E-state index contributed by atoms with van der Waals surface area (Å²) in [6, 6.07) is 0. The van der Waals surface area contributed by atoms with Gasteiger partial charge in [0.05, 0.1) is 6.61 Å². The van der Waals surface area contributed by atoms with Crippen LogP contribution in [0.1, 0.15) is 42.0 Å². The summed E-state index contributed by atoms with van der Waals surface area (Å²) in [5.74, 6) is 0.573. The van der Waals surface area contributed by atoms with Crippen LogP contribution in [0.15, 0.2) is 0 Å². The van der Waals surface area contributed by atoms with Crippen LogP contribution >= 0.6 is 0 Å². The van der Waals surface area contributed by atoms with E-state index in [4.69, 9.17) is 14.6 Å². The SMILES string of the molecule is Cc1c(C)c2c(c(C)c1OCCCO)CCC(C)(C(=O)O)O2. The van der Waals surface area contributed by atoms with Gasteiger partial charge in [-0.1, -0.05) is 0 Å². The normalized spacial score (nSPS) is 20.2. The molecule has 2 rings (SSSR count). The topological polar surface area (TPSA) is 76.0 Å².